The van der Waals surface area contributed by atoms with Gasteiger partial charge < -0.3 is 9.32 Å². The number of hydrogen-bond acceptors (Lipinski definition) is 4. The van der Waals surface area contributed by atoms with E-state index >= 15 is 0 Å². The molecule has 1 amide bonds. The summed E-state index contributed by atoms with van der Waals surface area (Å²) in [7, 11) is 0. The van der Waals surface area contributed by atoms with E-state index in [4.69, 9.17) is 4.42 Å². The molecule has 2 aromatic carbocycles. The summed E-state index contributed by atoms with van der Waals surface area (Å²) >= 11 is 0. The van der Waals surface area contributed by atoms with Crippen molar-refractivity contribution in [1.29, 1.82) is 0 Å². The predicted octanol–water partition coefficient (Wildman–Crippen LogP) is 4.83. The number of aryl methyl sites for hydroxylation is 1. The number of aromatic nitrogens is 2. The molecule has 3 aromatic rings. The SMILES string of the molecule is CCCN(CC(F)F)C(=O)c1ccc(-c2nnc(-c3cccc(C)c3)o2)cc1. The average molecular weight is 385 g/mol. The highest BCUT2D eigenvalue weighted by Gasteiger charge is 2.19. The van der Waals surface area contributed by atoms with E-state index in [-0.39, 0.29) is 6.54 Å². The van der Waals surface area contributed by atoms with E-state index in [0.29, 0.717) is 29.3 Å². The molecule has 0 bridgehead atoms. The monoisotopic (exact) mass is 385 g/mol. The highest BCUT2D eigenvalue weighted by Crippen LogP contribution is 2.25. The zero-order chi connectivity index (χ0) is 20.1. The molecule has 0 N–H and O–H groups in total. The number of nitrogens with zero attached hydrogens (tertiary/aromatic N) is 3. The molecule has 0 radical (unpaired) electrons. The van der Waals surface area contributed by atoms with Crippen LogP contribution in [0.4, 0.5) is 8.78 Å². The van der Waals surface area contributed by atoms with Crippen LogP contribution in [0.1, 0.15) is 29.3 Å². The highest BCUT2D eigenvalue weighted by atomic mass is 19.3. The Hall–Kier alpha value is -3.09. The van der Waals surface area contributed by atoms with Gasteiger partial charge in [-0.1, -0.05) is 24.6 Å². The minimum Gasteiger partial charge on any atom is -0.416 e. The van der Waals surface area contributed by atoms with Crippen molar-refractivity contribution in [3.63, 3.8) is 0 Å². The second-order valence-corrected chi connectivity index (χ2v) is 6.50. The Bertz CT molecular complexity index is 939. The lowest BCUT2D eigenvalue weighted by Crippen LogP contribution is -2.35. The lowest BCUT2D eigenvalue weighted by molar-refractivity contribution is 0.0555. The van der Waals surface area contributed by atoms with Crippen LogP contribution in [-0.2, 0) is 0 Å². The van der Waals surface area contributed by atoms with Crippen LogP contribution >= 0.6 is 0 Å². The Morgan fingerprint density at radius 2 is 1.75 bits per heavy atom. The van der Waals surface area contributed by atoms with Gasteiger partial charge in [0.05, 0.1) is 6.54 Å². The van der Waals surface area contributed by atoms with Crippen LogP contribution in [0.25, 0.3) is 22.9 Å². The Balaban J connectivity index is 1.78. The van der Waals surface area contributed by atoms with Gasteiger partial charge in [0.2, 0.25) is 11.8 Å². The molecule has 0 aliphatic heterocycles. The molecule has 0 aliphatic carbocycles. The lowest BCUT2D eigenvalue weighted by Gasteiger charge is -2.21. The number of hydrogen-bond donors (Lipinski definition) is 0. The molecule has 0 saturated carbocycles. The minimum absolute atomic E-state index is 0.286. The van der Waals surface area contributed by atoms with Gasteiger partial charge in [-0.2, -0.15) is 0 Å². The van der Waals surface area contributed by atoms with E-state index in [1.165, 1.54) is 4.90 Å². The van der Waals surface area contributed by atoms with E-state index < -0.39 is 18.9 Å². The van der Waals surface area contributed by atoms with E-state index in [9.17, 15) is 13.6 Å². The molecule has 146 valence electrons. The number of carbonyl (C=O) groups is 1. The fraction of sp³-hybridized carbons (Fsp3) is 0.286. The first-order valence-corrected chi connectivity index (χ1v) is 9.06. The second kappa shape index (κ2) is 8.73. The number of carbonyl (C=O) groups excluding carboxylic acids is 1. The van der Waals surface area contributed by atoms with E-state index in [2.05, 4.69) is 10.2 Å². The van der Waals surface area contributed by atoms with Crippen molar-refractivity contribution >= 4 is 5.91 Å². The van der Waals surface area contributed by atoms with Gasteiger partial charge in [0.1, 0.15) is 0 Å². The van der Waals surface area contributed by atoms with E-state index in [1.807, 2.05) is 38.1 Å². The molecule has 1 heterocycles. The van der Waals surface area contributed by atoms with Gasteiger partial charge in [-0.05, 0) is 49.7 Å². The fourth-order valence-electron chi connectivity index (χ4n) is 2.88. The van der Waals surface area contributed by atoms with Crippen molar-refractivity contribution in [2.75, 3.05) is 13.1 Å². The van der Waals surface area contributed by atoms with Crippen LogP contribution in [-0.4, -0.2) is 40.5 Å². The maximum Gasteiger partial charge on any atom is 0.255 e. The molecular weight excluding hydrogens is 364 g/mol. The summed E-state index contributed by atoms with van der Waals surface area (Å²) in [5.41, 5.74) is 2.91. The van der Waals surface area contributed by atoms with Crippen LogP contribution in [0, 0.1) is 6.92 Å². The zero-order valence-corrected chi connectivity index (χ0v) is 15.7. The molecule has 28 heavy (non-hydrogen) atoms. The number of benzene rings is 2. The van der Waals surface area contributed by atoms with Gasteiger partial charge in [0.25, 0.3) is 12.3 Å². The van der Waals surface area contributed by atoms with Crippen LogP contribution < -0.4 is 0 Å². The van der Waals surface area contributed by atoms with Crippen molar-refractivity contribution in [3.8, 4) is 22.9 Å². The third kappa shape index (κ3) is 4.60. The first-order chi connectivity index (χ1) is 13.5. The molecule has 1 aromatic heterocycles. The van der Waals surface area contributed by atoms with Gasteiger partial charge in [0, 0.05) is 23.2 Å². The quantitative estimate of drug-likeness (QED) is 0.585. The van der Waals surface area contributed by atoms with E-state index in [1.54, 1.807) is 24.3 Å². The molecule has 3 rings (SSSR count). The van der Waals surface area contributed by atoms with Gasteiger partial charge in [0.15, 0.2) is 0 Å². The second-order valence-electron chi connectivity index (χ2n) is 6.50. The maximum atomic E-state index is 12.7. The molecule has 0 spiro atoms. The van der Waals surface area contributed by atoms with Gasteiger partial charge in [-0.15, -0.1) is 10.2 Å². The molecule has 0 atom stereocenters. The summed E-state index contributed by atoms with van der Waals surface area (Å²) in [5.74, 6) is 0.318. The largest absolute Gasteiger partial charge is 0.416 e. The number of amides is 1. The summed E-state index contributed by atoms with van der Waals surface area (Å²) in [6.45, 7) is 3.54. The third-order valence-electron chi connectivity index (χ3n) is 4.21. The van der Waals surface area contributed by atoms with Crippen molar-refractivity contribution < 1.29 is 18.0 Å². The standard InChI is InChI=1S/C21H21F2N3O2/c1-3-11-26(13-18(22)23)21(27)16-9-7-15(8-10-16)19-24-25-20(28-19)17-6-4-5-14(2)12-17/h4-10,12,18H,3,11,13H2,1-2H3. The Kier molecular flexibility index (Phi) is 6.13. The number of halogens is 2. The molecular formula is C21H21F2N3O2. The Labute approximate surface area is 162 Å². The summed E-state index contributed by atoms with van der Waals surface area (Å²) in [5, 5.41) is 8.13. The Morgan fingerprint density at radius 1 is 1.07 bits per heavy atom. The van der Waals surface area contributed by atoms with Crippen molar-refractivity contribution in [3.05, 3.63) is 59.7 Å². The fourth-order valence-corrected chi connectivity index (χ4v) is 2.88. The molecule has 5 nitrogen and oxygen atoms in total. The maximum absolute atomic E-state index is 12.7. The average Bonchev–Trinajstić information content (AvgIpc) is 3.17. The third-order valence-corrected chi connectivity index (χ3v) is 4.21. The summed E-state index contributed by atoms with van der Waals surface area (Å²) in [6, 6.07) is 14.2. The summed E-state index contributed by atoms with van der Waals surface area (Å²) in [6.07, 6.45) is -1.95. The zero-order valence-electron chi connectivity index (χ0n) is 15.7. The molecule has 0 aliphatic rings. The lowest BCUT2D eigenvalue weighted by atomic mass is 10.1. The normalized spacial score (nSPS) is 11.0. The number of alkyl halides is 2. The van der Waals surface area contributed by atoms with Crippen LogP contribution in [0.2, 0.25) is 0 Å². The first kappa shape index (κ1) is 19.7. The van der Waals surface area contributed by atoms with Crippen LogP contribution in [0.15, 0.2) is 52.9 Å². The first-order valence-electron chi connectivity index (χ1n) is 9.06. The Morgan fingerprint density at radius 3 is 2.36 bits per heavy atom. The molecule has 7 heteroatoms. The molecule has 0 fully saturated rings. The van der Waals surface area contributed by atoms with Crippen LogP contribution in [0.5, 0.6) is 0 Å². The molecule has 0 unspecified atom stereocenters. The molecule has 0 saturated heterocycles. The minimum atomic E-state index is -2.56. The summed E-state index contributed by atoms with van der Waals surface area (Å²) in [4.78, 5) is 13.6. The summed E-state index contributed by atoms with van der Waals surface area (Å²) < 4.78 is 31.2. The van der Waals surface area contributed by atoms with Gasteiger partial charge in [-0.25, -0.2) is 8.78 Å². The highest BCUT2D eigenvalue weighted by molar-refractivity contribution is 5.94. The topological polar surface area (TPSA) is 59.2 Å². The van der Waals surface area contributed by atoms with Crippen LogP contribution in [0.3, 0.4) is 0 Å². The van der Waals surface area contributed by atoms with E-state index in [0.717, 1.165) is 11.1 Å². The van der Waals surface area contributed by atoms with Crippen molar-refractivity contribution in [2.24, 2.45) is 0 Å². The van der Waals surface area contributed by atoms with Gasteiger partial charge in [-0.3, -0.25) is 4.79 Å². The van der Waals surface area contributed by atoms with Crippen molar-refractivity contribution in [1.82, 2.24) is 15.1 Å². The smallest absolute Gasteiger partial charge is 0.255 e. The van der Waals surface area contributed by atoms with Gasteiger partial charge >= 0.3 is 0 Å². The predicted molar refractivity (Wildman–Crippen MR) is 102 cm³/mol. The van der Waals surface area contributed by atoms with Crippen molar-refractivity contribution in [2.45, 2.75) is 26.7 Å². The number of rotatable bonds is 7.